The summed E-state index contributed by atoms with van der Waals surface area (Å²) in [5, 5.41) is 0. The smallest absolute Gasteiger partial charge is 0.243 e. The highest BCUT2D eigenvalue weighted by Crippen LogP contribution is 2.28. The Morgan fingerprint density at radius 1 is 1.29 bits per heavy atom. The maximum atomic E-state index is 12.1. The van der Waals surface area contributed by atoms with Crippen molar-refractivity contribution in [2.24, 2.45) is 5.92 Å². The summed E-state index contributed by atoms with van der Waals surface area (Å²) in [6.45, 7) is 0. The first kappa shape index (κ1) is 12.0. The lowest BCUT2D eigenvalue weighted by atomic mass is 9.85. The van der Waals surface area contributed by atoms with E-state index in [9.17, 15) is 4.79 Å². The number of hydrogen-bond donors (Lipinski definition) is 0. The quantitative estimate of drug-likeness (QED) is 0.751. The molecule has 0 N–H and O–H groups in total. The molecule has 1 aromatic heterocycles. The van der Waals surface area contributed by atoms with Crippen LogP contribution in [0.1, 0.15) is 49.0 Å². The molecule has 2 rings (SSSR count). The van der Waals surface area contributed by atoms with Crippen LogP contribution in [0, 0.1) is 5.92 Å². The van der Waals surface area contributed by atoms with Gasteiger partial charge in [0.1, 0.15) is 0 Å². The Morgan fingerprint density at radius 3 is 2.71 bits per heavy atom. The third-order valence-corrected chi connectivity index (χ3v) is 3.32. The van der Waals surface area contributed by atoms with E-state index in [1.54, 1.807) is 0 Å². The van der Waals surface area contributed by atoms with Gasteiger partial charge in [0, 0.05) is 18.8 Å². The SMILES string of the molecule is COc1nccnc1C(=O)CC1CCCCC1. The first-order chi connectivity index (χ1) is 8.31. The van der Waals surface area contributed by atoms with E-state index in [-0.39, 0.29) is 5.78 Å². The van der Waals surface area contributed by atoms with Gasteiger partial charge in [-0.15, -0.1) is 0 Å². The lowest BCUT2D eigenvalue weighted by Gasteiger charge is -2.20. The average molecular weight is 234 g/mol. The van der Waals surface area contributed by atoms with Gasteiger partial charge in [-0.3, -0.25) is 4.79 Å². The average Bonchev–Trinajstić information content (AvgIpc) is 2.40. The maximum absolute atomic E-state index is 12.1. The summed E-state index contributed by atoms with van der Waals surface area (Å²) in [6.07, 6.45) is 9.77. The summed E-state index contributed by atoms with van der Waals surface area (Å²) in [5.74, 6) is 0.915. The van der Waals surface area contributed by atoms with E-state index in [0.717, 1.165) is 12.8 Å². The molecule has 0 radical (unpaired) electrons. The minimum atomic E-state index is 0.0573. The summed E-state index contributed by atoms with van der Waals surface area (Å²) in [6, 6.07) is 0. The van der Waals surface area contributed by atoms with E-state index in [1.807, 2.05) is 0 Å². The zero-order valence-electron chi connectivity index (χ0n) is 10.2. The van der Waals surface area contributed by atoms with Crippen LogP contribution in [0.2, 0.25) is 0 Å². The van der Waals surface area contributed by atoms with Crippen molar-refractivity contribution in [2.45, 2.75) is 38.5 Å². The fourth-order valence-electron chi connectivity index (χ4n) is 2.42. The van der Waals surface area contributed by atoms with Crippen LogP contribution in [0.15, 0.2) is 12.4 Å². The molecule has 0 spiro atoms. The molecular formula is C13H18N2O2. The molecule has 0 amide bonds. The van der Waals surface area contributed by atoms with Crippen LogP contribution in [0.4, 0.5) is 0 Å². The first-order valence-corrected chi connectivity index (χ1v) is 6.19. The van der Waals surface area contributed by atoms with Crippen molar-refractivity contribution >= 4 is 5.78 Å². The molecule has 0 unspecified atom stereocenters. The van der Waals surface area contributed by atoms with E-state index in [0.29, 0.717) is 23.9 Å². The van der Waals surface area contributed by atoms with E-state index >= 15 is 0 Å². The monoisotopic (exact) mass is 234 g/mol. The summed E-state index contributed by atoms with van der Waals surface area (Å²) >= 11 is 0. The molecule has 0 bridgehead atoms. The molecular weight excluding hydrogens is 216 g/mol. The van der Waals surface area contributed by atoms with Gasteiger partial charge in [0.25, 0.3) is 0 Å². The van der Waals surface area contributed by atoms with Crippen molar-refractivity contribution in [1.82, 2.24) is 9.97 Å². The molecule has 4 nitrogen and oxygen atoms in total. The molecule has 1 heterocycles. The number of ether oxygens (including phenoxy) is 1. The van der Waals surface area contributed by atoms with Gasteiger partial charge in [0.15, 0.2) is 11.5 Å². The van der Waals surface area contributed by atoms with Crippen LogP contribution >= 0.6 is 0 Å². The second kappa shape index (κ2) is 5.75. The summed E-state index contributed by atoms with van der Waals surface area (Å²) in [7, 11) is 1.52. The zero-order chi connectivity index (χ0) is 12.1. The Hall–Kier alpha value is -1.45. The molecule has 1 aliphatic rings. The van der Waals surface area contributed by atoms with E-state index in [2.05, 4.69) is 9.97 Å². The van der Waals surface area contributed by atoms with Crippen LogP contribution in [-0.4, -0.2) is 22.9 Å². The molecule has 0 aromatic carbocycles. The number of ketones is 1. The van der Waals surface area contributed by atoms with Gasteiger partial charge in [-0.1, -0.05) is 32.1 Å². The maximum Gasteiger partial charge on any atom is 0.243 e. The van der Waals surface area contributed by atoms with Crippen molar-refractivity contribution < 1.29 is 9.53 Å². The predicted octanol–water partition coefficient (Wildman–Crippen LogP) is 2.64. The second-order valence-electron chi connectivity index (χ2n) is 4.55. The van der Waals surface area contributed by atoms with Crippen LogP contribution in [0.5, 0.6) is 5.88 Å². The van der Waals surface area contributed by atoms with Crippen molar-refractivity contribution in [3.8, 4) is 5.88 Å². The Kier molecular flexibility index (Phi) is 4.07. The van der Waals surface area contributed by atoms with E-state index < -0.39 is 0 Å². The van der Waals surface area contributed by atoms with Gasteiger partial charge in [0.05, 0.1) is 7.11 Å². The highest BCUT2D eigenvalue weighted by atomic mass is 16.5. The van der Waals surface area contributed by atoms with Crippen molar-refractivity contribution in [2.75, 3.05) is 7.11 Å². The minimum Gasteiger partial charge on any atom is -0.479 e. The highest BCUT2D eigenvalue weighted by Gasteiger charge is 2.21. The molecule has 0 saturated heterocycles. The van der Waals surface area contributed by atoms with Gasteiger partial charge >= 0.3 is 0 Å². The fraction of sp³-hybridized carbons (Fsp3) is 0.615. The number of carbonyl (C=O) groups is 1. The molecule has 1 aliphatic carbocycles. The van der Waals surface area contributed by atoms with Gasteiger partial charge in [-0.25, -0.2) is 9.97 Å². The molecule has 1 saturated carbocycles. The molecule has 92 valence electrons. The number of nitrogens with zero attached hydrogens (tertiary/aromatic N) is 2. The van der Waals surface area contributed by atoms with Crippen molar-refractivity contribution in [1.29, 1.82) is 0 Å². The second-order valence-corrected chi connectivity index (χ2v) is 4.55. The Morgan fingerprint density at radius 2 is 2.00 bits per heavy atom. The molecule has 4 heteroatoms. The molecule has 0 aliphatic heterocycles. The van der Waals surface area contributed by atoms with Gasteiger partial charge < -0.3 is 4.74 Å². The third-order valence-electron chi connectivity index (χ3n) is 3.32. The molecule has 0 atom stereocenters. The normalized spacial score (nSPS) is 16.8. The summed E-state index contributed by atoms with van der Waals surface area (Å²) in [4.78, 5) is 20.2. The summed E-state index contributed by atoms with van der Waals surface area (Å²) < 4.78 is 5.06. The number of carbonyl (C=O) groups excluding carboxylic acids is 1. The van der Waals surface area contributed by atoms with Crippen molar-refractivity contribution in [3.05, 3.63) is 18.1 Å². The predicted molar refractivity (Wildman–Crippen MR) is 64.1 cm³/mol. The molecule has 1 fully saturated rings. The van der Waals surface area contributed by atoms with Crippen LogP contribution in [0.3, 0.4) is 0 Å². The largest absolute Gasteiger partial charge is 0.479 e. The third kappa shape index (κ3) is 3.02. The number of aromatic nitrogens is 2. The topological polar surface area (TPSA) is 52.1 Å². The number of rotatable bonds is 4. The lowest BCUT2D eigenvalue weighted by Crippen LogP contribution is -2.14. The summed E-state index contributed by atoms with van der Waals surface area (Å²) in [5.41, 5.74) is 0.376. The fourth-order valence-corrected chi connectivity index (χ4v) is 2.42. The Balaban J connectivity index is 2.03. The lowest BCUT2D eigenvalue weighted by molar-refractivity contribution is 0.0941. The first-order valence-electron chi connectivity index (χ1n) is 6.19. The number of hydrogen-bond acceptors (Lipinski definition) is 4. The van der Waals surface area contributed by atoms with Gasteiger partial charge in [-0.2, -0.15) is 0 Å². The standard InChI is InChI=1S/C13H18N2O2/c1-17-13-12(14-7-8-15-13)11(16)9-10-5-3-2-4-6-10/h7-8,10H,2-6,9H2,1H3. The Bertz CT molecular complexity index is 387. The number of Topliss-reactive ketones (excluding diaryl/α,β-unsaturated/α-hetero) is 1. The minimum absolute atomic E-state index is 0.0573. The van der Waals surface area contributed by atoms with Crippen LogP contribution in [-0.2, 0) is 0 Å². The van der Waals surface area contributed by atoms with E-state index in [1.165, 1.54) is 38.8 Å². The number of methoxy groups -OCH3 is 1. The molecule has 17 heavy (non-hydrogen) atoms. The Labute approximate surface area is 101 Å². The van der Waals surface area contributed by atoms with Crippen molar-refractivity contribution in [3.63, 3.8) is 0 Å². The zero-order valence-corrected chi connectivity index (χ0v) is 10.2. The molecule has 1 aromatic rings. The van der Waals surface area contributed by atoms with Gasteiger partial charge in [0.2, 0.25) is 5.88 Å². The van der Waals surface area contributed by atoms with Crippen LogP contribution in [0.25, 0.3) is 0 Å². The highest BCUT2D eigenvalue weighted by molar-refractivity contribution is 5.96. The van der Waals surface area contributed by atoms with E-state index in [4.69, 9.17) is 4.74 Å². The van der Waals surface area contributed by atoms with Crippen LogP contribution < -0.4 is 4.74 Å². The van der Waals surface area contributed by atoms with Gasteiger partial charge in [-0.05, 0) is 5.92 Å².